The molecule has 0 aliphatic rings. The zero-order chi connectivity index (χ0) is 12.3. The summed E-state index contributed by atoms with van der Waals surface area (Å²) in [5, 5.41) is 0. The summed E-state index contributed by atoms with van der Waals surface area (Å²) >= 11 is 0. The van der Waals surface area contributed by atoms with Crippen LogP contribution in [0.15, 0.2) is 18.2 Å². The van der Waals surface area contributed by atoms with Crippen LogP contribution in [0.1, 0.15) is 27.2 Å². The number of halogens is 1. The van der Waals surface area contributed by atoms with Crippen LogP contribution in [0.5, 0.6) is 0 Å². The van der Waals surface area contributed by atoms with Crippen LogP contribution < -0.4 is 10.6 Å². The van der Waals surface area contributed by atoms with Gasteiger partial charge in [0.05, 0.1) is 11.4 Å². The maximum absolute atomic E-state index is 13.1. The molecule has 0 radical (unpaired) electrons. The molecule has 16 heavy (non-hydrogen) atoms. The molecule has 90 valence electrons. The van der Waals surface area contributed by atoms with Gasteiger partial charge in [0.2, 0.25) is 0 Å². The molecular formula is C13H21FN2. The van der Waals surface area contributed by atoms with Crippen molar-refractivity contribution >= 4 is 11.4 Å². The molecule has 1 rings (SSSR count). The van der Waals surface area contributed by atoms with Crippen molar-refractivity contribution in [2.75, 3.05) is 24.2 Å². The van der Waals surface area contributed by atoms with E-state index in [9.17, 15) is 4.39 Å². The van der Waals surface area contributed by atoms with Gasteiger partial charge in [-0.1, -0.05) is 20.8 Å². The summed E-state index contributed by atoms with van der Waals surface area (Å²) in [6, 6.07) is 4.48. The predicted molar refractivity (Wildman–Crippen MR) is 68.2 cm³/mol. The maximum atomic E-state index is 13.1. The van der Waals surface area contributed by atoms with Crippen molar-refractivity contribution in [2.45, 2.75) is 27.2 Å². The first kappa shape index (κ1) is 12.8. The van der Waals surface area contributed by atoms with Crippen molar-refractivity contribution in [3.8, 4) is 0 Å². The fourth-order valence-electron chi connectivity index (χ4n) is 1.47. The van der Waals surface area contributed by atoms with E-state index < -0.39 is 0 Å². The van der Waals surface area contributed by atoms with Gasteiger partial charge in [0, 0.05) is 13.6 Å². The molecule has 2 nitrogen and oxygen atoms in total. The number of hydrogen-bond acceptors (Lipinski definition) is 2. The topological polar surface area (TPSA) is 29.3 Å². The second-order valence-electron chi connectivity index (χ2n) is 5.44. The Hall–Kier alpha value is -1.25. The average Bonchev–Trinajstić information content (AvgIpc) is 2.17. The Bertz CT molecular complexity index is 355. The minimum absolute atomic E-state index is 0.244. The Labute approximate surface area is 97.3 Å². The van der Waals surface area contributed by atoms with E-state index >= 15 is 0 Å². The third-order valence-electron chi connectivity index (χ3n) is 2.60. The molecule has 0 heterocycles. The molecular weight excluding hydrogens is 203 g/mol. The lowest BCUT2D eigenvalue weighted by molar-refractivity contribution is 0.381. The predicted octanol–water partition coefficient (Wildman–Crippen LogP) is 3.28. The molecule has 0 aromatic heterocycles. The Kier molecular flexibility index (Phi) is 3.79. The Morgan fingerprint density at radius 2 is 1.94 bits per heavy atom. The number of nitrogen functional groups attached to an aromatic ring is 1. The molecule has 0 saturated carbocycles. The van der Waals surface area contributed by atoms with Crippen LogP contribution in [0, 0.1) is 11.2 Å². The fourth-order valence-corrected chi connectivity index (χ4v) is 1.47. The number of anilines is 2. The summed E-state index contributed by atoms with van der Waals surface area (Å²) in [4.78, 5) is 2.00. The van der Waals surface area contributed by atoms with E-state index in [2.05, 4.69) is 20.8 Å². The van der Waals surface area contributed by atoms with E-state index in [-0.39, 0.29) is 11.2 Å². The molecule has 0 fully saturated rings. The lowest BCUT2D eigenvalue weighted by atomic mass is 9.92. The molecule has 0 unspecified atom stereocenters. The Balaban J connectivity index is 2.73. The largest absolute Gasteiger partial charge is 0.397 e. The van der Waals surface area contributed by atoms with Gasteiger partial charge >= 0.3 is 0 Å². The van der Waals surface area contributed by atoms with Crippen molar-refractivity contribution in [1.82, 2.24) is 0 Å². The van der Waals surface area contributed by atoms with Gasteiger partial charge in [0.1, 0.15) is 5.82 Å². The van der Waals surface area contributed by atoms with Crippen LogP contribution in [0.3, 0.4) is 0 Å². The molecule has 2 N–H and O–H groups in total. The SMILES string of the molecule is CN(CCC(C)(C)C)c1cc(F)ccc1N. The molecule has 0 saturated heterocycles. The van der Waals surface area contributed by atoms with Gasteiger partial charge in [-0.3, -0.25) is 0 Å². The van der Waals surface area contributed by atoms with Gasteiger partial charge in [-0.25, -0.2) is 4.39 Å². The summed E-state index contributed by atoms with van der Waals surface area (Å²) < 4.78 is 13.1. The van der Waals surface area contributed by atoms with E-state index in [1.807, 2.05) is 11.9 Å². The van der Waals surface area contributed by atoms with Crippen molar-refractivity contribution in [3.05, 3.63) is 24.0 Å². The van der Waals surface area contributed by atoms with Crippen LogP contribution in [-0.2, 0) is 0 Å². The summed E-state index contributed by atoms with van der Waals surface area (Å²) in [6.07, 6.45) is 1.04. The molecule has 0 spiro atoms. The molecule has 1 aromatic carbocycles. The molecule has 1 aromatic rings. The van der Waals surface area contributed by atoms with Crippen molar-refractivity contribution in [3.63, 3.8) is 0 Å². The first-order valence-electron chi connectivity index (χ1n) is 5.56. The normalized spacial score (nSPS) is 11.6. The molecule has 3 heteroatoms. The van der Waals surface area contributed by atoms with Gasteiger partial charge in [0.15, 0.2) is 0 Å². The second-order valence-corrected chi connectivity index (χ2v) is 5.44. The Morgan fingerprint density at radius 1 is 1.31 bits per heavy atom. The number of hydrogen-bond donors (Lipinski definition) is 1. The number of nitrogens with zero attached hydrogens (tertiary/aromatic N) is 1. The van der Waals surface area contributed by atoms with Gasteiger partial charge in [-0.05, 0) is 30.0 Å². The van der Waals surface area contributed by atoms with E-state index in [1.165, 1.54) is 12.1 Å². The zero-order valence-electron chi connectivity index (χ0n) is 10.5. The fraction of sp³-hybridized carbons (Fsp3) is 0.538. The summed E-state index contributed by atoms with van der Waals surface area (Å²) in [5.74, 6) is -0.244. The highest BCUT2D eigenvalue weighted by Gasteiger charge is 2.13. The highest BCUT2D eigenvalue weighted by Crippen LogP contribution is 2.25. The van der Waals surface area contributed by atoms with Crippen LogP contribution >= 0.6 is 0 Å². The van der Waals surface area contributed by atoms with Gasteiger partial charge in [-0.15, -0.1) is 0 Å². The monoisotopic (exact) mass is 224 g/mol. The third kappa shape index (κ3) is 3.72. The lowest BCUT2D eigenvalue weighted by Gasteiger charge is -2.26. The summed E-state index contributed by atoms with van der Waals surface area (Å²) in [6.45, 7) is 7.44. The zero-order valence-corrected chi connectivity index (χ0v) is 10.5. The van der Waals surface area contributed by atoms with Crippen LogP contribution in [0.4, 0.5) is 15.8 Å². The van der Waals surface area contributed by atoms with Crippen molar-refractivity contribution in [2.24, 2.45) is 5.41 Å². The minimum Gasteiger partial charge on any atom is -0.397 e. The average molecular weight is 224 g/mol. The molecule has 0 aliphatic carbocycles. The molecule has 0 atom stereocenters. The van der Waals surface area contributed by atoms with Gasteiger partial charge < -0.3 is 10.6 Å². The van der Waals surface area contributed by atoms with Crippen LogP contribution in [0.2, 0.25) is 0 Å². The van der Waals surface area contributed by atoms with E-state index in [0.717, 1.165) is 18.7 Å². The first-order chi connectivity index (χ1) is 7.29. The van der Waals surface area contributed by atoms with Gasteiger partial charge in [-0.2, -0.15) is 0 Å². The quantitative estimate of drug-likeness (QED) is 0.798. The van der Waals surface area contributed by atoms with E-state index in [4.69, 9.17) is 5.73 Å². The highest BCUT2D eigenvalue weighted by atomic mass is 19.1. The molecule has 0 bridgehead atoms. The molecule has 0 amide bonds. The minimum atomic E-state index is -0.244. The van der Waals surface area contributed by atoms with E-state index in [1.54, 1.807) is 6.07 Å². The number of nitrogens with two attached hydrogens (primary N) is 1. The Morgan fingerprint density at radius 3 is 2.50 bits per heavy atom. The lowest BCUT2D eigenvalue weighted by Crippen LogP contribution is -2.23. The van der Waals surface area contributed by atoms with E-state index in [0.29, 0.717) is 5.69 Å². The standard InChI is InChI=1S/C13H21FN2/c1-13(2,3)7-8-16(4)12-9-10(14)5-6-11(12)15/h5-6,9H,7-8,15H2,1-4H3. The van der Waals surface area contributed by atoms with Crippen molar-refractivity contribution in [1.29, 1.82) is 0 Å². The highest BCUT2D eigenvalue weighted by molar-refractivity contribution is 5.67. The summed E-state index contributed by atoms with van der Waals surface area (Å²) in [7, 11) is 1.94. The van der Waals surface area contributed by atoms with Gasteiger partial charge in [0.25, 0.3) is 0 Å². The van der Waals surface area contributed by atoms with Crippen molar-refractivity contribution < 1.29 is 4.39 Å². The molecule has 0 aliphatic heterocycles. The van der Waals surface area contributed by atoms with Crippen LogP contribution in [0.25, 0.3) is 0 Å². The smallest absolute Gasteiger partial charge is 0.125 e. The third-order valence-corrected chi connectivity index (χ3v) is 2.60. The summed E-state index contributed by atoms with van der Waals surface area (Å²) in [5.41, 5.74) is 7.49. The van der Waals surface area contributed by atoms with Crippen LogP contribution in [-0.4, -0.2) is 13.6 Å². The maximum Gasteiger partial charge on any atom is 0.125 e. The first-order valence-corrected chi connectivity index (χ1v) is 5.56. The number of rotatable bonds is 3. The second kappa shape index (κ2) is 4.73. The number of benzene rings is 1.